The molecular weight excluding hydrogens is 412 g/mol. The van der Waals surface area contributed by atoms with Crippen molar-refractivity contribution in [3.63, 3.8) is 0 Å². The molecule has 0 bridgehead atoms. The summed E-state index contributed by atoms with van der Waals surface area (Å²) in [5.41, 5.74) is 2.68. The largest absolute Gasteiger partial charge is 0.471 e. The van der Waals surface area contributed by atoms with E-state index in [1.54, 1.807) is 0 Å². The first kappa shape index (κ1) is 23.1. The van der Waals surface area contributed by atoms with Crippen molar-refractivity contribution in [1.82, 2.24) is 10.2 Å². The number of hydrogen-bond acceptors (Lipinski definition) is 5. The van der Waals surface area contributed by atoms with Gasteiger partial charge in [0.1, 0.15) is 11.9 Å². The Morgan fingerprint density at radius 1 is 1.18 bits per heavy atom. The summed E-state index contributed by atoms with van der Waals surface area (Å²) in [7, 11) is 0. The van der Waals surface area contributed by atoms with Crippen molar-refractivity contribution in [3.8, 4) is 0 Å². The second-order valence-electron chi connectivity index (χ2n) is 9.64. The number of nitrogens with one attached hydrogen (secondary N) is 1. The molecule has 6 heteroatoms. The van der Waals surface area contributed by atoms with Crippen LogP contribution in [0.2, 0.25) is 0 Å². The summed E-state index contributed by atoms with van der Waals surface area (Å²) in [5.74, 6) is 2.76. The highest BCUT2D eigenvalue weighted by atomic mass is 16.5. The van der Waals surface area contributed by atoms with E-state index in [0.717, 1.165) is 49.7 Å². The highest BCUT2D eigenvalue weighted by Gasteiger charge is 2.31. The van der Waals surface area contributed by atoms with Crippen LogP contribution in [0.4, 0.5) is 5.69 Å². The van der Waals surface area contributed by atoms with E-state index in [1.807, 2.05) is 18.2 Å². The number of carbonyl (C=O) groups is 1. The third-order valence-electron chi connectivity index (χ3n) is 6.34. The Kier molecular flexibility index (Phi) is 7.21. The van der Waals surface area contributed by atoms with Gasteiger partial charge in [0, 0.05) is 43.4 Å². The Balaban J connectivity index is 1.36. The van der Waals surface area contributed by atoms with Crippen LogP contribution in [0.3, 0.4) is 0 Å². The highest BCUT2D eigenvalue weighted by Crippen LogP contribution is 2.28. The molecule has 3 aliphatic heterocycles. The van der Waals surface area contributed by atoms with Crippen LogP contribution in [0, 0.1) is 11.8 Å². The summed E-state index contributed by atoms with van der Waals surface area (Å²) in [6, 6.07) is 8.10. The maximum Gasteiger partial charge on any atom is 0.221 e. The first-order chi connectivity index (χ1) is 15.9. The lowest BCUT2D eigenvalue weighted by Gasteiger charge is -2.40. The zero-order valence-electron chi connectivity index (χ0n) is 20.1. The molecule has 0 aliphatic carbocycles. The average molecular weight is 449 g/mol. The van der Waals surface area contributed by atoms with Crippen LogP contribution in [0.25, 0.3) is 5.70 Å². The van der Waals surface area contributed by atoms with Crippen LogP contribution in [-0.4, -0.2) is 48.9 Å². The van der Waals surface area contributed by atoms with E-state index in [-0.39, 0.29) is 12.0 Å². The van der Waals surface area contributed by atoms with E-state index in [4.69, 9.17) is 9.73 Å². The SMILES string of the molecule is C=C(NC(C)=O)c1ccc(N2CC(OC3=CC=CC(CC(C)C)C(N4CCCC4)=N3)C2)cc1. The van der Waals surface area contributed by atoms with Gasteiger partial charge in [-0.25, -0.2) is 0 Å². The molecule has 1 N–H and O–H groups in total. The monoisotopic (exact) mass is 448 g/mol. The van der Waals surface area contributed by atoms with Crippen molar-refractivity contribution >= 4 is 23.1 Å². The fourth-order valence-electron chi connectivity index (χ4n) is 4.65. The van der Waals surface area contributed by atoms with E-state index >= 15 is 0 Å². The van der Waals surface area contributed by atoms with Crippen LogP contribution in [0.15, 0.2) is 59.9 Å². The molecule has 2 saturated heterocycles. The zero-order chi connectivity index (χ0) is 23.4. The minimum Gasteiger partial charge on any atom is -0.471 e. The Morgan fingerprint density at radius 2 is 1.88 bits per heavy atom. The van der Waals surface area contributed by atoms with Crippen molar-refractivity contribution in [1.29, 1.82) is 0 Å². The fraction of sp³-hybridized carbons (Fsp3) is 0.481. The molecule has 3 heterocycles. The summed E-state index contributed by atoms with van der Waals surface area (Å²) in [6.07, 6.45) is 10.1. The minimum absolute atomic E-state index is 0.111. The van der Waals surface area contributed by atoms with Crippen LogP contribution >= 0.6 is 0 Å². The molecule has 0 radical (unpaired) electrons. The molecule has 4 rings (SSSR count). The van der Waals surface area contributed by atoms with Gasteiger partial charge in [0.15, 0.2) is 0 Å². The number of benzene rings is 1. The lowest BCUT2D eigenvalue weighted by molar-refractivity contribution is -0.117. The van der Waals surface area contributed by atoms with Crippen molar-refractivity contribution in [2.24, 2.45) is 16.8 Å². The molecule has 33 heavy (non-hydrogen) atoms. The third kappa shape index (κ3) is 5.86. The highest BCUT2D eigenvalue weighted by molar-refractivity contribution is 5.87. The number of aliphatic imine (C=N–C) groups is 1. The van der Waals surface area contributed by atoms with E-state index in [1.165, 1.54) is 25.6 Å². The van der Waals surface area contributed by atoms with Gasteiger partial charge in [-0.2, -0.15) is 4.99 Å². The van der Waals surface area contributed by atoms with Crippen LogP contribution in [0.1, 0.15) is 45.6 Å². The number of anilines is 1. The molecule has 0 saturated carbocycles. The van der Waals surface area contributed by atoms with E-state index in [2.05, 4.69) is 59.8 Å². The second-order valence-corrected chi connectivity index (χ2v) is 9.64. The molecule has 1 atom stereocenters. The topological polar surface area (TPSA) is 57.2 Å². The van der Waals surface area contributed by atoms with Crippen LogP contribution in [-0.2, 0) is 9.53 Å². The molecule has 0 aromatic heterocycles. The van der Waals surface area contributed by atoms with Crippen molar-refractivity contribution in [3.05, 3.63) is 60.5 Å². The second kappa shape index (κ2) is 10.3. The number of allylic oxidation sites excluding steroid dienone is 2. The van der Waals surface area contributed by atoms with E-state index < -0.39 is 0 Å². The number of ether oxygens (including phenoxy) is 1. The molecule has 1 amide bonds. The first-order valence-corrected chi connectivity index (χ1v) is 12.1. The smallest absolute Gasteiger partial charge is 0.221 e. The summed E-state index contributed by atoms with van der Waals surface area (Å²) in [4.78, 5) is 21.0. The summed E-state index contributed by atoms with van der Waals surface area (Å²) < 4.78 is 6.30. The van der Waals surface area contributed by atoms with Crippen LogP contribution in [0.5, 0.6) is 0 Å². The van der Waals surface area contributed by atoms with Gasteiger partial charge in [0.25, 0.3) is 0 Å². The number of hydrogen-bond donors (Lipinski definition) is 1. The standard InChI is InChI=1S/C27H36N4O2/c1-19(2)16-23-8-7-9-26(29-27(23)30-14-5-6-15-30)33-25-17-31(18-25)24-12-10-22(11-13-24)20(3)28-21(4)32/h7-13,19,23,25H,3,5-6,14-18H2,1-2,4H3,(H,28,32). The average Bonchev–Trinajstić information content (AvgIpc) is 3.20. The van der Waals surface area contributed by atoms with E-state index in [9.17, 15) is 4.79 Å². The van der Waals surface area contributed by atoms with Gasteiger partial charge in [-0.1, -0.05) is 44.7 Å². The Labute approximate surface area is 197 Å². The van der Waals surface area contributed by atoms with Gasteiger partial charge >= 0.3 is 0 Å². The summed E-state index contributed by atoms with van der Waals surface area (Å²) in [5, 5.41) is 2.74. The van der Waals surface area contributed by atoms with Gasteiger partial charge in [0.05, 0.1) is 13.1 Å². The normalized spacial score (nSPS) is 20.8. The fourth-order valence-corrected chi connectivity index (χ4v) is 4.65. The van der Waals surface area contributed by atoms with Gasteiger partial charge in [-0.05, 0) is 42.9 Å². The zero-order valence-corrected chi connectivity index (χ0v) is 20.1. The Hall–Kier alpha value is -3.02. The molecule has 2 fully saturated rings. The maximum absolute atomic E-state index is 11.2. The van der Waals surface area contributed by atoms with Crippen molar-refractivity contribution in [2.75, 3.05) is 31.1 Å². The number of carbonyl (C=O) groups excluding carboxylic acids is 1. The predicted molar refractivity (Wildman–Crippen MR) is 135 cm³/mol. The van der Waals surface area contributed by atoms with Crippen molar-refractivity contribution in [2.45, 2.75) is 46.1 Å². The number of rotatable bonds is 7. The minimum atomic E-state index is -0.111. The van der Waals surface area contributed by atoms with Crippen LogP contribution < -0.4 is 10.2 Å². The molecule has 1 aromatic carbocycles. The number of likely N-dealkylation sites (tertiary alicyclic amines) is 1. The van der Waals surface area contributed by atoms with Gasteiger partial charge in [-0.15, -0.1) is 0 Å². The molecule has 176 valence electrons. The van der Waals surface area contributed by atoms with E-state index in [0.29, 0.717) is 17.5 Å². The number of nitrogens with zero attached hydrogens (tertiary/aromatic N) is 3. The molecule has 1 aromatic rings. The molecule has 3 aliphatic rings. The van der Waals surface area contributed by atoms with Gasteiger partial charge in [0.2, 0.25) is 11.8 Å². The first-order valence-electron chi connectivity index (χ1n) is 12.1. The molecule has 0 spiro atoms. The third-order valence-corrected chi connectivity index (χ3v) is 6.34. The van der Waals surface area contributed by atoms with Crippen molar-refractivity contribution < 1.29 is 9.53 Å². The quantitative estimate of drug-likeness (QED) is 0.664. The molecular formula is C27H36N4O2. The summed E-state index contributed by atoms with van der Waals surface area (Å²) >= 11 is 0. The van der Waals surface area contributed by atoms with Gasteiger partial charge in [-0.3, -0.25) is 4.79 Å². The lowest BCUT2D eigenvalue weighted by Crippen LogP contribution is -2.52. The lowest BCUT2D eigenvalue weighted by atomic mass is 9.95. The predicted octanol–water partition coefficient (Wildman–Crippen LogP) is 4.57. The molecule has 1 unspecified atom stereocenters. The summed E-state index contributed by atoms with van der Waals surface area (Å²) in [6.45, 7) is 13.8. The molecule has 6 nitrogen and oxygen atoms in total. The Morgan fingerprint density at radius 3 is 2.52 bits per heavy atom. The number of amidine groups is 1. The van der Waals surface area contributed by atoms with Gasteiger partial charge < -0.3 is 19.9 Å². The number of amides is 1. The maximum atomic E-state index is 11.2. The Bertz CT molecular complexity index is 949.